The number of nitrogens with zero attached hydrogens (tertiary/aromatic N) is 2. The van der Waals surface area contributed by atoms with Crippen molar-refractivity contribution in [3.63, 3.8) is 0 Å². The third-order valence-electron chi connectivity index (χ3n) is 5.21. The van der Waals surface area contributed by atoms with E-state index in [-0.39, 0.29) is 12.0 Å². The Morgan fingerprint density at radius 3 is 2.45 bits per heavy atom. The van der Waals surface area contributed by atoms with Gasteiger partial charge < -0.3 is 10.4 Å². The van der Waals surface area contributed by atoms with Crippen LogP contribution in [0.25, 0.3) is 0 Å². The third-order valence-corrected chi connectivity index (χ3v) is 5.21. The summed E-state index contributed by atoms with van der Waals surface area (Å²) in [5.41, 5.74) is -0.703. The molecule has 1 saturated carbocycles. The van der Waals surface area contributed by atoms with E-state index >= 15 is 0 Å². The highest BCUT2D eigenvalue weighted by molar-refractivity contribution is 5.79. The van der Waals surface area contributed by atoms with Crippen LogP contribution < -0.4 is 5.32 Å². The van der Waals surface area contributed by atoms with Crippen molar-refractivity contribution in [2.75, 3.05) is 6.54 Å². The maximum absolute atomic E-state index is 12.3. The highest BCUT2D eigenvalue weighted by atomic mass is 16.3. The Labute approximate surface area is 119 Å². The topological polar surface area (TPSA) is 76.4 Å². The highest BCUT2D eigenvalue weighted by Crippen LogP contribution is 2.39. The zero-order chi connectivity index (χ0) is 14.3. The van der Waals surface area contributed by atoms with Gasteiger partial charge in [0.15, 0.2) is 0 Å². The number of nitriles is 1. The molecular weight excluding hydrogens is 254 g/mol. The number of hydrogen-bond donors (Lipinski definition) is 2. The predicted octanol–water partition coefficient (Wildman–Crippen LogP) is 0.783. The molecule has 0 spiro atoms. The van der Waals surface area contributed by atoms with E-state index in [1.54, 1.807) is 0 Å². The first-order valence-corrected chi connectivity index (χ1v) is 7.68. The van der Waals surface area contributed by atoms with Gasteiger partial charge in [0, 0.05) is 12.1 Å². The third kappa shape index (κ3) is 2.55. The van der Waals surface area contributed by atoms with E-state index in [0.717, 1.165) is 38.5 Å². The molecule has 2 saturated heterocycles. The Bertz CT molecular complexity index is 429. The van der Waals surface area contributed by atoms with E-state index in [1.807, 2.05) is 6.92 Å². The fourth-order valence-corrected chi connectivity index (χ4v) is 3.88. The maximum Gasteiger partial charge on any atom is 0.235 e. The standard InChI is InChI=1S/C15H23N3O2/c1-15(9-16,10-2-3-10)17-14(20)8-18-11-4-5-12(18)7-13(19)6-11/h10-13,19H,2-8H2,1H3,(H,17,20). The highest BCUT2D eigenvalue weighted by Gasteiger charge is 2.45. The zero-order valence-electron chi connectivity index (χ0n) is 12.0. The molecule has 3 fully saturated rings. The van der Waals surface area contributed by atoms with Crippen molar-refractivity contribution >= 4 is 5.91 Å². The van der Waals surface area contributed by atoms with Gasteiger partial charge in [-0.2, -0.15) is 5.26 Å². The number of rotatable bonds is 4. The second-order valence-corrected chi connectivity index (χ2v) is 6.82. The predicted molar refractivity (Wildman–Crippen MR) is 73.6 cm³/mol. The molecule has 2 heterocycles. The summed E-state index contributed by atoms with van der Waals surface area (Å²) in [6.45, 7) is 2.20. The zero-order valence-corrected chi connectivity index (χ0v) is 12.0. The van der Waals surface area contributed by atoms with Gasteiger partial charge in [-0.25, -0.2) is 0 Å². The molecule has 1 amide bonds. The summed E-state index contributed by atoms with van der Waals surface area (Å²) in [6, 6.07) is 2.94. The fraction of sp³-hybridized carbons (Fsp3) is 0.867. The summed E-state index contributed by atoms with van der Waals surface area (Å²) in [5.74, 6) is 0.269. The van der Waals surface area contributed by atoms with Gasteiger partial charge in [0.1, 0.15) is 5.54 Å². The van der Waals surface area contributed by atoms with Crippen LogP contribution in [-0.2, 0) is 4.79 Å². The van der Waals surface area contributed by atoms with Crippen LogP contribution >= 0.6 is 0 Å². The second kappa shape index (κ2) is 5.01. The molecule has 20 heavy (non-hydrogen) atoms. The minimum absolute atomic E-state index is 0.0470. The van der Waals surface area contributed by atoms with Gasteiger partial charge in [-0.3, -0.25) is 9.69 Å². The molecule has 3 rings (SSSR count). The molecule has 0 aromatic heterocycles. The molecule has 0 radical (unpaired) electrons. The minimum atomic E-state index is -0.703. The van der Waals surface area contributed by atoms with Gasteiger partial charge in [-0.15, -0.1) is 0 Å². The van der Waals surface area contributed by atoms with E-state index in [2.05, 4.69) is 16.3 Å². The Morgan fingerprint density at radius 1 is 1.35 bits per heavy atom. The van der Waals surface area contributed by atoms with Crippen LogP contribution in [0.4, 0.5) is 0 Å². The molecule has 5 heteroatoms. The number of fused-ring (bicyclic) bond motifs is 2. The monoisotopic (exact) mass is 277 g/mol. The van der Waals surface area contributed by atoms with Crippen LogP contribution in [0.2, 0.25) is 0 Å². The lowest BCUT2D eigenvalue weighted by Crippen LogP contribution is -2.53. The molecule has 3 unspecified atom stereocenters. The van der Waals surface area contributed by atoms with E-state index in [1.165, 1.54) is 0 Å². The summed E-state index contributed by atoms with van der Waals surface area (Å²) in [6.07, 6.45) is 5.57. The van der Waals surface area contributed by atoms with Gasteiger partial charge in [0.05, 0.1) is 18.7 Å². The number of amides is 1. The van der Waals surface area contributed by atoms with Gasteiger partial charge in [0.25, 0.3) is 0 Å². The number of carbonyl (C=O) groups is 1. The Kier molecular flexibility index (Phi) is 3.47. The molecule has 0 aromatic carbocycles. The minimum Gasteiger partial charge on any atom is -0.393 e. The lowest BCUT2D eigenvalue weighted by atomic mass is 9.97. The van der Waals surface area contributed by atoms with Crippen molar-refractivity contribution in [1.29, 1.82) is 5.26 Å². The van der Waals surface area contributed by atoms with E-state index in [0.29, 0.717) is 24.5 Å². The van der Waals surface area contributed by atoms with Crippen LogP contribution in [0.15, 0.2) is 0 Å². The molecule has 2 N–H and O–H groups in total. The number of nitrogens with one attached hydrogen (secondary N) is 1. The molecule has 3 atom stereocenters. The smallest absolute Gasteiger partial charge is 0.235 e. The first-order valence-electron chi connectivity index (χ1n) is 7.68. The van der Waals surface area contributed by atoms with Crippen molar-refractivity contribution < 1.29 is 9.90 Å². The molecule has 1 aliphatic carbocycles. The molecule has 0 aromatic rings. The number of aliphatic hydroxyl groups excluding tert-OH is 1. The summed E-state index contributed by atoms with van der Waals surface area (Å²) in [7, 11) is 0. The van der Waals surface area contributed by atoms with E-state index < -0.39 is 5.54 Å². The lowest BCUT2D eigenvalue weighted by Gasteiger charge is -2.37. The summed E-state index contributed by atoms with van der Waals surface area (Å²) < 4.78 is 0. The Morgan fingerprint density at radius 2 is 1.95 bits per heavy atom. The number of carbonyl (C=O) groups excluding carboxylic acids is 1. The quantitative estimate of drug-likeness (QED) is 0.796. The largest absolute Gasteiger partial charge is 0.393 e. The summed E-state index contributed by atoms with van der Waals surface area (Å²) in [4.78, 5) is 14.5. The van der Waals surface area contributed by atoms with Crippen molar-refractivity contribution in [3.8, 4) is 6.07 Å². The molecule has 2 aliphatic heterocycles. The van der Waals surface area contributed by atoms with Crippen LogP contribution in [0, 0.1) is 17.2 Å². The second-order valence-electron chi connectivity index (χ2n) is 6.82. The van der Waals surface area contributed by atoms with Gasteiger partial charge in [-0.05, 0) is 51.4 Å². The molecule has 5 nitrogen and oxygen atoms in total. The molecule has 2 bridgehead atoms. The van der Waals surface area contributed by atoms with E-state index in [4.69, 9.17) is 0 Å². The van der Waals surface area contributed by atoms with Gasteiger partial charge in [-0.1, -0.05) is 0 Å². The first kappa shape index (κ1) is 13.8. The summed E-state index contributed by atoms with van der Waals surface area (Å²) >= 11 is 0. The molecule has 3 aliphatic rings. The van der Waals surface area contributed by atoms with Crippen LogP contribution in [0.3, 0.4) is 0 Å². The van der Waals surface area contributed by atoms with Crippen LogP contribution in [0.5, 0.6) is 0 Å². The molecular formula is C15H23N3O2. The Hall–Kier alpha value is -1.12. The number of hydrogen-bond acceptors (Lipinski definition) is 4. The van der Waals surface area contributed by atoms with Crippen LogP contribution in [0.1, 0.15) is 45.4 Å². The van der Waals surface area contributed by atoms with Crippen molar-refractivity contribution in [2.45, 2.75) is 69.2 Å². The van der Waals surface area contributed by atoms with Gasteiger partial charge >= 0.3 is 0 Å². The van der Waals surface area contributed by atoms with Crippen molar-refractivity contribution in [1.82, 2.24) is 10.2 Å². The normalized spacial score (nSPS) is 36.1. The van der Waals surface area contributed by atoms with Crippen molar-refractivity contribution in [3.05, 3.63) is 0 Å². The van der Waals surface area contributed by atoms with E-state index in [9.17, 15) is 15.2 Å². The van der Waals surface area contributed by atoms with Crippen LogP contribution in [-0.4, -0.2) is 46.2 Å². The Balaban J connectivity index is 1.58. The maximum atomic E-state index is 12.3. The van der Waals surface area contributed by atoms with Gasteiger partial charge in [0.2, 0.25) is 5.91 Å². The summed E-state index contributed by atoms with van der Waals surface area (Å²) in [5, 5.41) is 22.0. The SMILES string of the molecule is CC(C#N)(NC(=O)CN1C2CCC1CC(O)C2)C1CC1. The number of aliphatic hydroxyl groups is 1. The average molecular weight is 277 g/mol. The van der Waals surface area contributed by atoms with Crippen molar-refractivity contribution in [2.24, 2.45) is 5.92 Å². The molecule has 110 valence electrons. The fourth-order valence-electron chi connectivity index (χ4n) is 3.88. The average Bonchev–Trinajstić information content (AvgIpc) is 3.20. The first-order chi connectivity index (χ1) is 9.51. The lowest BCUT2D eigenvalue weighted by molar-refractivity contribution is -0.125. The number of piperidine rings is 1.